The number of aromatic amines is 1. The molecule has 0 saturated heterocycles. The van der Waals surface area contributed by atoms with Crippen LogP contribution in [0.1, 0.15) is 5.69 Å². The lowest BCUT2D eigenvalue weighted by Gasteiger charge is -1.89. The van der Waals surface area contributed by atoms with E-state index in [0.717, 1.165) is 11.0 Å². The molecule has 0 bridgehead atoms. The van der Waals surface area contributed by atoms with Gasteiger partial charge in [-0.25, -0.2) is 4.98 Å². The Hall–Kier alpha value is -2.23. The molecular formula is C12H9N3O. The van der Waals surface area contributed by atoms with Gasteiger partial charge < -0.3 is 4.98 Å². The lowest BCUT2D eigenvalue weighted by Crippen LogP contribution is -2.01. The Kier molecular flexibility index (Phi) is 1.77. The summed E-state index contributed by atoms with van der Waals surface area (Å²) in [7, 11) is 0. The summed E-state index contributed by atoms with van der Waals surface area (Å²) in [4.78, 5) is 23.1. The number of nitrogens with zero attached hydrogens (tertiary/aromatic N) is 2. The zero-order valence-corrected chi connectivity index (χ0v) is 8.69. The van der Waals surface area contributed by atoms with Crippen LogP contribution in [-0.2, 0) is 0 Å². The first-order valence-corrected chi connectivity index (χ1v) is 5.00. The number of benzene rings is 1. The van der Waals surface area contributed by atoms with Crippen molar-refractivity contribution in [3.8, 4) is 11.3 Å². The van der Waals surface area contributed by atoms with E-state index in [0.29, 0.717) is 17.0 Å². The van der Waals surface area contributed by atoms with Crippen LogP contribution in [0.4, 0.5) is 0 Å². The topological polar surface area (TPSA) is 58.6 Å². The fourth-order valence-corrected chi connectivity index (χ4v) is 1.85. The number of aromatic nitrogens is 3. The third kappa shape index (κ3) is 1.20. The highest BCUT2D eigenvalue weighted by Gasteiger charge is 2.12. The number of H-pyrrole nitrogens is 1. The third-order valence-electron chi connectivity index (χ3n) is 2.60. The van der Waals surface area contributed by atoms with Gasteiger partial charge in [-0.3, -0.25) is 9.78 Å². The van der Waals surface area contributed by atoms with Crippen LogP contribution in [-0.4, -0.2) is 15.0 Å². The van der Waals surface area contributed by atoms with Crippen LogP contribution < -0.4 is 5.56 Å². The maximum absolute atomic E-state index is 11.6. The van der Waals surface area contributed by atoms with Crippen LogP contribution >= 0.6 is 0 Å². The Morgan fingerprint density at radius 2 is 1.81 bits per heavy atom. The fraction of sp³-hybridized carbons (Fsp3) is 0.0833. The van der Waals surface area contributed by atoms with Crippen molar-refractivity contribution in [2.75, 3.05) is 0 Å². The number of aryl methyl sites for hydroxylation is 1. The molecule has 2 aliphatic heterocycles. The molecule has 4 heteroatoms. The summed E-state index contributed by atoms with van der Waals surface area (Å²) < 4.78 is 0. The second-order valence-corrected chi connectivity index (χ2v) is 3.68. The van der Waals surface area contributed by atoms with Gasteiger partial charge in [0.1, 0.15) is 0 Å². The minimum atomic E-state index is -0.132. The Labute approximate surface area is 91.3 Å². The fourth-order valence-electron chi connectivity index (χ4n) is 1.85. The number of hydrogen-bond acceptors (Lipinski definition) is 3. The molecule has 3 rings (SSSR count). The third-order valence-corrected chi connectivity index (χ3v) is 2.60. The van der Waals surface area contributed by atoms with Gasteiger partial charge in [0.05, 0.1) is 28.0 Å². The van der Waals surface area contributed by atoms with E-state index in [9.17, 15) is 4.79 Å². The van der Waals surface area contributed by atoms with Gasteiger partial charge in [0.25, 0.3) is 5.56 Å². The maximum atomic E-state index is 11.6. The second-order valence-electron chi connectivity index (χ2n) is 3.68. The van der Waals surface area contributed by atoms with E-state index < -0.39 is 0 Å². The summed E-state index contributed by atoms with van der Waals surface area (Å²) in [6.07, 6.45) is 1.62. The first-order chi connectivity index (χ1) is 7.75. The summed E-state index contributed by atoms with van der Waals surface area (Å²) in [5.74, 6) is 0. The number of hydrogen-bond donors (Lipinski definition) is 1. The van der Waals surface area contributed by atoms with Crippen LogP contribution in [0.15, 0.2) is 35.3 Å². The molecule has 1 aromatic carbocycles. The predicted octanol–water partition coefficient (Wildman–Crippen LogP) is 1.73. The van der Waals surface area contributed by atoms with E-state index in [-0.39, 0.29) is 5.56 Å². The monoisotopic (exact) mass is 211 g/mol. The average Bonchev–Trinajstić information content (AvgIpc) is 2.56. The highest BCUT2D eigenvalue weighted by Crippen LogP contribution is 2.19. The molecule has 0 amide bonds. The SMILES string of the molecule is Cc1nc2ccccc2nc2c[nH]c(=O)c1-2. The van der Waals surface area contributed by atoms with Gasteiger partial charge in [-0.2, -0.15) is 0 Å². The molecule has 78 valence electrons. The molecule has 2 aliphatic rings. The van der Waals surface area contributed by atoms with Gasteiger partial charge >= 0.3 is 0 Å². The number of para-hydroxylation sites is 2. The largest absolute Gasteiger partial charge is 0.326 e. The van der Waals surface area contributed by atoms with Crippen molar-refractivity contribution in [3.63, 3.8) is 0 Å². The number of fused-ring (bicyclic) bond motifs is 2. The Morgan fingerprint density at radius 1 is 1.12 bits per heavy atom. The van der Waals surface area contributed by atoms with Crippen LogP contribution in [0.25, 0.3) is 22.3 Å². The van der Waals surface area contributed by atoms with Gasteiger partial charge in [-0.1, -0.05) is 12.1 Å². The molecule has 0 fully saturated rings. The standard InChI is InChI=1S/C12H9N3O/c1-7-11-10(6-13-12(11)16)15-9-5-3-2-4-8(9)14-7/h2-6H,1H3,(H,13,16). The zero-order valence-electron chi connectivity index (χ0n) is 8.69. The van der Waals surface area contributed by atoms with Crippen LogP contribution in [0.5, 0.6) is 0 Å². The molecular weight excluding hydrogens is 202 g/mol. The molecule has 0 spiro atoms. The smallest absolute Gasteiger partial charge is 0.259 e. The number of rotatable bonds is 0. The summed E-state index contributed by atoms with van der Waals surface area (Å²) in [6.45, 7) is 1.83. The van der Waals surface area contributed by atoms with E-state index in [4.69, 9.17) is 0 Å². The average molecular weight is 211 g/mol. The van der Waals surface area contributed by atoms with Gasteiger partial charge in [-0.15, -0.1) is 0 Å². The molecule has 1 N–H and O–H groups in total. The van der Waals surface area contributed by atoms with Gasteiger partial charge in [0, 0.05) is 6.20 Å². The van der Waals surface area contributed by atoms with Crippen molar-refractivity contribution in [1.82, 2.24) is 15.0 Å². The van der Waals surface area contributed by atoms with E-state index in [1.807, 2.05) is 31.2 Å². The molecule has 4 nitrogen and oxygen atoms in total. The molecule has 2 heterocycles. The Balaban J connectivity index is 2.56. The minimum absolute atomic E-state index is 0.132. The molecule has 0 aliphatic carbocycles. The van der Waals surface area contributed by atoms with Crippen molar-refractivity contribution in [1.29, 1.82) is 0 Å². The predicted molar refractivity (Wildman–Crippen MR) is 61.5 cm³/mol. The van der Waals surface area contributed by atoms with Crippen LogP contribution in [0.3, 0.4) is 0 Å². The number of nitrogens with one attached hydrogen (secondary N) is 1. The molecule has 1 aromatic rings. The normalized spacial score (nSPS) is 11.1. The van der Waals surface area contributed by atoms with Crippen LogP contribution in [0, 0.1) is 6.92 Å². The first kappa shape index (κ1) is 9.03. The summed E-state index contributed by atoms with van der Waals surface area (Å²) in [6, 6.07) is 7.59. The molecule has 0 radical (unpaired) electrons. The summed E-state index contributed by atoms with van der Waals surface area (Å²) >= 11 is 0. The molecule has 0 atom stereocenters. The van der Waals surface area contributed by atoms with E-state index in [1.54, 1.807) is 6.20 Å². The van der Waals surface area contributed by atoms with Crippen LogP contribution in [0.2, 0.25) is 0 Å². The summed E-state index contributed by atoms with van der Waals surface area (Å²) in [5, 5.41) is 0. The summed E-state index contributed by atoms with van der Waals surface area (Å²) in [5.41, 5.74) is 3.39. The maximum Gasteiger partial charge on any atom is 0.259 e. The zero-order chi connectivity index (χ0) is 11.1. The van der Waals surface area contributed by atoms with Crippen molar-refractivity contribution < 1.29 is 0 Å². The molecule has 0 unspecified atom stereocenters. The van der Waals surface area contributed by atoms with Gasteiger partial charge in [-0.05, 0) is 19.1 Å². The molecule has 16 heavy (non-hydrogen) atoms. The molecule has 0 aromatic heterocycles. The van der Waals surface area contributed by atoms with E-state index in [1.165, 1.54) is 0 Å². The van der Waals surface area contributed by atoms with E-state index >= 15 is 0 Å². The van der Waals surface area contributed by atoms with E-state index in [2.05, 4.69) is 15.0 Å². The molecule has 0 saturated carbocycles. The van der Waals surface area contributed by atoms with Crippen molar-refractivity contribution in [3.05, 3.63) is 46.5 Å². The quantitative estimate of drug-likeness (QED) is 0.616. The van der Waals surface area contributed by atoms with Crippen molar-refractivity contribution >= 4 is 11.0 Å². The second kappa shape index (κ2) is 3.13. The van der Waals surface area contributed by atoms with Crippen molar-refractivity contribution in [2.24, 2.45) is 0 Å². The lowest BCUT2D eigenvalue weighted by atomic mass is 10.2. The highest BCUT2D eigenvalue weighted by molar-refractivity contribution is 5.77. The van der Waals surface area contributed by atoms with Gasteiger partial charge in [0.2, 0.25) is 0 Å². The minimum Gasteiger partial charge on any atom is -0.326 e. The van der Waals surface area contributed by atoms with Gasteiger partial charge in [0.15, 0.2) is 0 Å². The lowest BCUT2D eigenvalue weighted by molar-refractivity contribution is 1.25. The van der Waals surface area contributed by atoms with Crippen molar-refractivity contribution in [2.45, 2.75) is 6.92 Å². The Bertz CT molecular complexity index is 702. The highest BCUT2D eigenvalue weighted by atomic mass is 16.1. The Morgan fingerprint density at radius 3 is 2.56 bits per heavy atom. The first-order valence-electron chi connectivity index (χ1n) is 5.00.